The summed E-state index contributed by atoms with van der Waals surface area (Å²) < 4.78 is 1.73. The molecule has 2 rings (SSSR count). The Bertz CT molecular complexity index is 654. The summed E-state index contributed by atoms with van der Waals surface area (Å²) in [5, 5.41) is 2.85. The van der Waals surface area contributed by atoms with E-state index in [0.717, 1.165) is 21.1 Å². The lowest BCUT2D eigenvalue weighted by atomic mass is 10.1. The number of hydrogen-bond donors (Lipinski definition) is 3. The Hall–Kier alpha value is -1.44. The van der Waals surface area contributed by atoms with Crippen molar-refractivity contribution in [2.75, 3.05) is 10.7 Å². The summed E-state index contributed by atoms with van der Waals surface area (Å²) in [7, 11) is 0. The largest absolute Gasteiger partial charge is 0.321 e. The first-order chi connectivity index (χ1) is 10.0. The number of carbonyl (C=O) groups is 1. The number of hydrogen-bond acceptors (Lipinski definition) is 4. The highest BCUT2D eigenvalue weighted by Crippen LogP contribution is 2.26. The summed E-state index contributed by atoms with van der Waals surface area (Å²) in [5.41, 5.74) is 4.47. The number of nitrogens with zero attached hydrogens (tertiary/aromatic N) is 1. The number of pyridine rings is 1. The van der Waals surface area contributed by atoms with E-state index >= 15 is 0 Å². The molecule has 0 unspecified atom stereocenters. The highest BCUT2D eigenvalue weighted by molar-refractivity contribution is 9.11. The lowest BCUT2D eigenvalue weighted by Crippen LogP contribution is -2.15. The smallest absolute Gasteiger partial charge is 0.255 e. The van der Waals surface area contributed by atoms with Crippen molar-refractivity contribution in [3.63, 3.8) is 0 Å². The van der Waals surface area contributed by atoms with E-state index in [9.17, 15) is 4.79 Å². The third kappa shape index (κ3) is 4.03. The Morgan fingerprint density at radius 1 is 1.29 bits per heavy atom. The fourth-order valence-electron chi connectivity index (χ4n) is 1.76. The molecule has 0 aliphatic heterocycles. The van der Waals surface area contributed by atoms with Gasteiger partial charge in [-0.3, -0.25) is 4.79 Å². The van der Waals surface area contributed by atoms with Crippen LogP contribution in [0.3, 0.4) is 0 Å². The van der Waals surface area contributed by atoms with Crippen LogP contribution in [0.15, 0.2) is 39.3 Å². The van der Waals surface area contributed by atoms with E-state index in [1.54, 1.807) is 12.1 Å². The normalized spacial score (nSPS) is 10.3. The van der Waals surface area contributed by atoms with Crippen molar-refractivity contribution in [3.05, 3.63) is 50.5 Å². The molecule has 0 saturated heterocycles. The molecule has 1 amide bonds. The lowest BCUT2D eigenvalue weighted by Gasteiger charge is -2.10. The van der Waals surface area contributed by atoms with Crippen LogP contribution in [0.4, 0.5) is 11.5 Å². The SMILES string of the molecule is CCc1cc(C(=O)Nc2ccc(Br)cc2Br)cc(NN)n1. The first-order valence-electron chi connectivity index (χ1n) is 6.27. The molecule has 4 N–H and O–H groups in total. The fraction of sp³-hybridized carbons (Fsp3) is 0.143. The number of aromatic nitrogens is 1. The van der Waals surface area contributed by atoms with Crippen LogP contribution in [0.5, 0.6) is 0 Å². The van der Waals surface area contributed by atoms with Gasteiger partial charge in [0.15, 0.2) is 0 Å². The second kappa shape index (κ2) is 7.02. The Morgan fingerprint density at radius 2 is 2.05 bits per heavy atom. The molecule has 1 heterocycles. The number of halogens is 2. The Balaban J connectivity index is 2.27. The zero-order valence-corrected chi connectivity index (χ0v) is 14.5. The highest BCUT2D eigenvalue weighted by atomic mass is 79.9. The van der Waals surface area contributed by atoms with Gasteiger partial charge in [0.2, 0.25) is 0 Å². The number of aryl methyl sites for hydroxylation is 1. The maximum Gasteiger partial charge on any atom is 0.255 e. The van der Waals surface area contributed by atoms with E-state index in [2.05, 4.69) is 47.6 Å². The van der Waals surface area contributed by atoms with Crippen molar-refractivity contribution in [1.82, 2.24) is 4.98 Å². The molecular weight excluding hydrogens is 400 g/mol. The second-order valence-corrected chi connectivity index (χ2v) is 6.08. The van der Waals surface area contributed by atoms with Crippen LogP contribution in [0.1, 0.15) is 23.0 Å². The first kappa shape index (κ1) is 15.9. The maximum atomic E-state index is 12.3. The van der Waals surface area contributed by atoms with Crippen LogP contribution in [-0.2, 0) is 6.42 Å². The third-order valence-corrected chi connectivity index (χ3v) is 3.98. The van der Waals surface area contributed by atoms with Gasteiger partial charge in [-0.2, -0.15) is 0 Å². The Kier molecular flexibility index (Phi) is 5.33. The minimum Gasteiger partial charge on any atom is -0.321 e. The maximum absolute atomic E-state index is 12.3. The van der Waals surface area contributed by atoms with Gasteiger partial charge in [0.05, 0.1) is 5.69 Å². The molecule has 0 aliphatic rings. The van der Waals surface area contributed by atoms with Crippen LogP contribution in [0, 0.1) is 0 Å². The standard InChI is InChI=1S/C14H14Br2N4O/c1-2-10-5-8(6-13(18-10)20-17)14(21)19-12-4-3-9(15)7-11(12)16/h3-7H,2,17H2,1H3,(H,18,20)(H,19,21). The minimum atomic E-state index is -0.216. The first-order valence-corrected chi connectivity index (χ1v) is 7.86. The molecular formula is C14H14Br2N4O. The van der Waals surface area contributed by atoms with E-state index in [4.69, 9.17) is 5.84 Å². The average molecular weight is 414 g/mol. The van der Waals surface area contributed by atoms with Crippen molar-refractivity contribution >= 4 is 49.3 Å². The predicted octanol–water partition coefficient (Wildman–Crippen LogP) is 3.71. The van der Waals surface area contributed by atoms with E-state index < -0.39 is 0 Å². The number of carbonyl (C=O) groups excluding carboxylic acids is 1. The van der Waals surface area contributed by atoms with Crippen LogP contribution in [-0.4, -0.2) is 10.9 Å². The highest BCUT2D eigenvalue weighted by Gasteiger charge is 2.11. The summed E-state index contributed by atoms with van der Waals surface area (Å²) in [6.45, 7) is 1.97. The number of nitrogens with two attached hydrogens (primary N) is 1. The van der Waals surface area contributed by atoms with E-state index in [1.807, 2.05) is 25.1 Å². The molecule has 0 saturated carbocycles. The third-order valence-electron chi connectivity index (χ3n) is 2.83. The van der Waals surface area contributed by atoms with Gasteiger partial charge in [0.25, 0.3) is 5.91 Å². The van der Waals surface area contributed by atoms with Gasteiger partial charge < -0.3 is 10.7 Å². The number of nitrogen functional groups attached to an aromatic ring is 1. The lowest BCUT2D eigenvalue weighted by molar-refractivity contribution is 0.102. The number of hydrazine groups is 1. The van der Waals surface area contributed by atoms with Gasteiger partial charge >= 0.3 is 0 Å². The molecule has 0 spiro atoms. The van der Waals surface area contributed by atoms with Crippen LogP contribution in [0.25, 0.3) is 0 Å². The molecule has 2 aromatic rings. The van der Waals surface area contributed by atoms with E-state index in [-0.39, 0.29) is 5.91 Å². The number of benzene rings is 1. The molecule has 1 aromatic heterocycles. The van der Waals surface area contributed by atoms with Crippen molar-refractivity contribution in [3.8, 4) is 0 Å². The molecule has 0 bridgehead atoms. The summed E-state index contributed by atoms with van der Waals surface area (Å²) in [5.74, 6) is 5.63. The Morgan fingerprint density at radius 3 is 2.67 bits per heavy atom. The number of anilines is 2. The van der Waals surface area contributed by atoms with Gasteiger partial charge in [-0.25, -0.2) is 10.8 Å². The minimum absolute atomic E-state index is 0.216. The van der Waals surface area contributed by atoms with Crippen LogP contribution >= 0.6 is 31.9 Å². The molecule has 0 fully saturated rings. The zero-order chi connectivity index (χ0) is 15.4. The van der Waals surface area contributed by atoms with Gasteiger partial charge in [0.1, 0.15) is 5.82 Å². The quantitative estimate of drug-likeness (QED) is 0.527. The van der Waals surface area contributed by atoms with Crippen molar-refractivity contribution < 1.29 is 4.79 Å². The monoisotopic (exact) mass is 412 g/mol. The summed E-state index contributed by atoms with van der Waals surface area (Å²) in [4.78, 5) is 16.6. The van der Waals surface area contributed by atoms with Crippen LogP contribution < -0.4 is 16.6 Å². The van der Waals surface area contributed by atoms with Gasteiger partial charge in [-0.1, -0.05) is 22.9 Å². The molecule has 1 aromatic carbocycles. The molecule has 0 aliphatic carbocycles. The van der Waals surface area contributed by atoms with Gasteiger partial charge in [-0.05, 0) is 52.7 Å². The van der Waals surface area contributed by atoms with Gasteiger partial charge in [-0.15, -0.1) is 0 Å². The molecule has 7 heteroatoms. The van der Waals surface area contributed by atoms with E-state index in [0.29, 0.717) is 17.1 Å². The molecule has 0 atom stereocenters. The number of nitrogens with one attached hydrogen (secondary N) is 2. The molecule has 5 nitrogen and oxygen atoms in total. The Labute approximate surface area is 139 Å². The van der Waals surface area contributed by atoms with Crippen LogP contribution in [0.2, 0.25) is 0 Å². The summed E-state index contributed by atoms with van der Waals surface area (Å²) in [6, 6.07) is 8.91. The van der Waals surface area contributed by atoms with Crippen molar-refractivity contribution in [2.45, 2.75) is 13.3 Å². The number of amides is 1. The van der Waals surface area contributed by atoms with E-state index in [1.165, 1.54) is 0 Å². The van der Waals surface area contributed by atoms with Crippen molar-refractivity contribution in [1.29, 1.82) is 0 Å². The topological polar surface area (TPSA) is 80.0 Å². The predicted molar refractivity (Wildman–Crippen MR) is 91.2 cm³/mol. The average Bonchev–Trinajstić information content (AvgIpc) is 2.49. The zero-order valence-electron chi connectivity index (χ0n) is 11.3. The molecule has 110 valence electrons. The summed E-state index contributed by atoms with van der Waals surface area (Å²) >= 11 is 6.79. The van der Waals surface area contributed by atoms with Gasteiger partial charge in [0, 0.05) is 20.2 Å². The van der Waals surface area contributed by atoms with Crippen molar-refractivity contribution in [2.24, 2.45) is 5.84 Å². The summed E-state index contributed by atoms with van der Waals surface area (Å²) in [6.07, 6.45) is 0.720. The number of rotatable bonds is 4. The fourth-order valence-corrected chi connectivity index (χ4v) is 2.91. The molecule has 0 radical (unpaired) electrons. The second-order valence-electron chi connectivity index (χ2n) is 4.31. The molecule has 21 heavy (non-hydrogen) atoms.